The lowest BCUT2D eigenvalue weighted by Gasteiger charge is -2.08. The Morgan fingerprint density at radius 2 is 2.00 bits per heavy atom. The number of carbonyl (C=O) groups excluding carboxylic acids is 1. The van der Waals surface area contributed by atoms with Gasteiger partial charge in [0, 0.05) is 30.7 Å². The lowest BCUT2D eigenvalue weighted by atomic mass is 10.1. The summed E-state index contributed by atoms with van der Waals surface area (Å²) < 4.78 is 1.88. The zero-order valence-corrected chi connectivity index (χ0v) is 16.5. The molecule has 146 valence electrons. The molecule has 0 aliphatic heterocycles. The number of nitrogens with one attached hydrogen (secondary N) is 2. The molecular weight excluding hydrogens is 390 g/mol. The number of hydrogen-bond donors (Lipinski definition) is 2. The van der Waals surface area contributed by atoms with Gasteiger partial charge in [0.2, 0.25) is 5.91 Å². The molecule has 0 bridgehead atoms. The number of pyridine rings is 1. The van der Waals surface area contributed by atoms with E-state index in [2.05, 4.69) is 42.8 Å². The standard InChI is InChI=1S/C20H18ClN7O/c1-22-19-17-15(8-16(25-26-17)24-20(29)11-2-3-11)12(9-23-19)4-5-13-10-28(14-6-7-14)27-18(13)21/h8-11,14H,2-3,6-7H2,1H3,(H,22,23)(H,24,25,29). The van der Waals surface area contributed by atoms with Crippen molar-refractivity contribution in [2.24, 2.45) is 5.92 Å². The lowest BCUT2D eigenvalue weighted by Crippen LogP contribution is -2.15. The van der Waals surface area contributed by atoms with Gasteiger partial charge in [-0.2, -0.15) is 5.10 Å². The van der Waals surface area contributed by atoms with Crippen molar-refractivity contribution in [1.82, 2.24) is 25.0 Å². The molecule has 1 amide bonds. The predicted molar refractivity (Wildman–Crippen MR) is 110 cm³/mol. The topological polar surface area (TPSA) is 97.6 Å². The van der Waals surface area contributed by atoms with E-state index in [9.17, 15) is 4.79 Å². The molecule has 0 aromatic carbocycles. The van der Waals surface area contributed by atoms with E-state index in [0.29, 0.717) is 39.5 Å². The number of amides is 1. The van der Waals surface area contributed by atoms with Crippen molar-refractivity contribution in [3.63, 3.8) is 0 Å². The van der Waals surface area contributed by atoms with Gasteiger partial charge in [-0.05, 0) is 31.7 Å². The van der Waals surface area contributed by atoms with E-state index in [1.54, 1.807) is 19.3 Å². The summed E-state index contributed by atoms with van der Waals surface area (Å²) in [5, 5.41) is 19.7. The Balaban J connectivity index is 1.53. The maximum Gasteiger partial charge on any atom is 0.228 e. The Morgan fingerprint density at radius 1 is 1.21 bits per heavy atom. The van der Waals surface area contributed by atoms with Crippen LogP contribution in [0.25, 0.3) is 10.9 Å². The quantitative estimate of drug-likeness (QED) is 0.645. The number of fused-ring (bicyclic) bond motifs is 1. The van der Waals surface area contributed by atoms with Gasteiger partial charge in [0.15, 0.2) is 16.8 Å². The lowest BCUT2D eigenvalue weighted by molar-refractivity contribution is -0.117. The molecule has 8 nitrogen and oxygen atoms in total. The van der Waals surface area contributed by atoms with Crippen molar-refractivity contribution >= 4 is 40.0 Å². The Morgan fingerprint density at radius 3 is 2.72 bits per heavy atom. The third-order valence-electron chi connectivity index (χ3n) is 5.01. The minimum Gasteiger partial charge on any atom is -0.371 e. The van der Waals surface area contributed by atoms with Gasteiger partial charge in [0.05, 0.1) is 17.2 Å². The highest BCUT2D eigenvalue weighted by Gasteiger charge is 2.30. The number of nitrogens with zero attached hydrogens (tertiary/aromatic N) is 5. The zero-order chi connectivity index (χ0) is 20.0. The summed E-state index contributed by atoms with van der Waals surface area (Å²) in [6.07, 6.45) is 7.65. The van der Waals surface area contributed by atoms with Gasteiger partial charge >= 0.3 is 0 Å². The first-order valence-corrected chi connectivity index (χ1v) is 9.92. The Bertz CT molecular complexity index is 1180. The predicted octanol–water partition coefficient (Wildman–Crippen LogP) is 3.00. The number of aromatic nitrogens is 5. The smallest absolute Gasteiger partial charge is 0.228 e. The fraction of sp³-hybridized carbons (Fsp3) is 0.350. The van der Waals surface area contributed by atoms with E-state index in [-0.39, 0.29) is 11.8 Å². The van der Waals surface area contributed by atoms with Crippen molar-refractivity contribution in [2.45, 2.75) is 31.7 Å². The van der Waals surface area contributed by atoms with Crippen molar-refractivity contribution in [3.05, 3.63) is 34.7 Å². The highest BCUT2D eigenvalue weighted by atomic mass is 35.5. The Kier molecular flexibility index (Phi) is 4.32. The second-order valence-corrected chi connectivity index (χ2v) is 7.68. The SMILES string of the molecule is CNc1ncc(C#Cc2cn(C3CC3)nc2Cl)c2cc(NC(=O)C3CC3)nnc12. The fourth-order valence-electron chi connectivity index (χ4n) is 3.06. The largest absolute Gasteiger partial charge is 0.371 e. The first-order chi connectivity index (χ1) is 14.1. The summed E-state index contributed by atoms with van der Waals surface area (Å²) >= 11 is 6.24. The molecule has 2 fully saturated rings. The molecule has 0 atom stereocenters. The number of carbonyl (C=O) groups is 1. The molecule has 3 heterocycles. The van der Waals surface area contributed by atoms with Gasteiger partial charge in [-0.25, -0.2) is 4.98 Å². The number of rotatable bonds is 4. The average Bonchev–Trinajstić information content (AvgIpc) is 3.63. The van der Waals surface area contributed by atoms with Crippen LogP contribution in [0, 0.1) is 17.8 Å². The molecule has 2 aliphatic carbocycles. The molecule has 0 saturated heterocycles. The molecule has 2 aliphatic rings. The van der Waals surface area contributed by atoms with Crippen LogP contribution in [0.15, 0.2) is 18.5 Å². The molecule has 2 saturated carbocycles. The molecule has 29 heavy (non-hydrogen) atoms. The van der Waals surface area contributed by atoms with Crippen LogP contribution in [0.3, 0.4) is 0 Å². The van der Waals surface area contributed by atoms with Crippen LogP contribution in [0.5, 0.6) is 0 Å². The zero-order valence-electron chi connectivity index (χ0n) is 15.7. The average molecular weight is 408 g/mol. The van der Waals surface area contributed by atoms with Crippen LogP contribution in [0.4, 0.5) is 11.6 Å². The van der Waals surface area contributed by atoms with E-state index in [1.807, 2.05) is 10.9 Å². The summed E-state index contributed by atoms with van der Waals surface area (Å²) in [7, 11) is 1.77. The highest BCUT2D eigenvalue weighted by Crippen LogP contribution is 2.35. The summed E-state index contributed by atoms with van der Waals surface area (Å²) in [4.78, 5) is 16.4. The fourth-order valence-corrected chi connectivity index (χ4v) is 3.25. The van der Waals surface area contributed by atoms with Gasteiger partial charge in [-0.3, -0.25) is 9.48 Å². The molecule has 0 spiro atoms. The second kappa shape index (κ2) is 7.01. The molecule has 9 heteroatoms. The van der Waals surface area contributed by atoms with Crippen LogP contribution in [-0.2, 0) is 4.79 Å². The Hall–Kier alpha value is -3.18. The molecule has 3 aromatic rings. The van der Waals surface area contributed by atoms with E-state index in [0.717, 1.165) is 31.1 Å². The van der Waals surface area contributed by atoms with E-state index in [4.69, 9.17) is 11.6 Å². The number of anilines is 2. The third-order valence-corrected chi connectivity index (χ3v) is 5.29. The van der Waals surface area contributed by atoms with E-state index < -0.39 is 0 Å². The van der Waals surface area contributed by atoms with Crippen molar-refractivity contribution in [3.8, 4) is 11.8 Å². The van der Waals surface area contributed by atoms with Crippen LogP contribution in [0.2, 0.25) is 5.15 Å². The highest BCUT2D eigenvalue weighted by molar-refractivity contribution is 6.30. The summed E-state index contributed by atoms with van der Waals surface area (Å²) in [5.74, 6) is 7.28. The number of halogens is 1. The molecule has 3 aromatic heterocycles. The van der Waals surface area contributed by atoms with Crippen LogP contribution < -0.4 is 10.6 Å². The van der Waals surface area contributed by atoms with Crippen molar-refractivity contribution in [1.29, 1.82) is 0 Å². The van der Waals surface area contributed by atoms with Crippen LogP contribution in [0.1, 0.15) is 42.9 Å². The molecule has 0 radical (unpaired) electrons. The Labute approximate surface area is 172 Å². The normalized spacial score (nSPS) is 15.7. The first-order valence-electron chi connectivity index (χ1n) is 9.54. The van der Waals surface area contributed by atoms with E-state index >= 15 is 0 Å². The van der Waals surface area contributed by atoms with Gasteiger partial charge in [0.25, 0.3) is 0 Å². The minimum atomic E-state index is -0.0200. The van der Waals surface area contributed by atoms with Gasteiger partial charge in [-0.15, -0.1) is 10.2 Å². The summed E-state index contributed by atoms with van der Waals surface area (Å²) in [5.41, 5.74) is 1.93. The molecule has 2 N–H and O–H groups in total. The van der Waals surface area contributed by atoms with Gasteiger partial charge in [0.1, 0.15) is 5.52 Å². The van der Waals surface area contributed by atoms with Gasteiger partial charge in [-0.1, -0.05) is 23.4 Å². The van der Waals surface area contributed by atoms with E-state index in [1.165, 1.54) is 0 Å². The maximum absolute atomic E-state index is 12.1. The van der Waals surface area contributed by atoms with Crippen molar-refractivity contribution < 1.29 is 4.79 Å². The minimum absolute atomic E-state index is 0.0200. The monoisotopic (exact) mass is 407 g/mol. The molecular formula is C20H18ClN7O. The first kappa shape index (κ1) is 17.9. The third kappa shape index (κ3) is 3.61. The van der Waals surface area contributed by atoms with Crippen molar-refractivity contribution in [2.75, 3.05) is 17.7 Å². The second-order valence-electron chi connectivity index (χ2n) is 7.32. The maximum atomic E-state index is 12.1. The summed E-state index contributed by atoms with van der Waals surface area (Å²) in [6, 6.07) is 2.22. The van der Waals surface area contributed by atoms with Crippen LogP contribution in [-0.4, -0.2) is 37.9 Å². The summed E-state index contributed by atoms with van der Waals surface area (Å²) in [6.45, 7) is 0. The van der Waals surface area contributed by atoms with Gasteiger partial charge < -0.3 is 10.6 Å². The molecule has 5 rings (SSSR count). The molecule has 0 unspecified atom stereocenters. The van der Waals surface area contributed by atoms with Crippen LogP contribution >= 0.6 is 11.6 Å². The number of hydrogen-bond acceptors (Lipinski definition) is 6.